The maximum Gasteiger partial charge on any atom is 0.234 e. The first kappa shape index (κ1) is 19.6. The standard InChI is InChI=1S/C20H19IN4OS/c1-3-11-25-19(15-7-5-4-6-8-15)23-24-20(25)27-13-18(26)22-17-10-9-16(21)12-14(17)2/h3-10,12H,1,11,13H2,2H3,(H,22,26). The summed E-state index contributed by atoms with van der Waals surface area (Å²) in [5.41, 5.74) is 2.86. The van der Waals surface area contributed by atoms with Crippen LogP contribution in [0.3, 0.4) is 0 Å². The summed E-state index contributed by atoms with van der Waals surface area (Å²) in [7, 11) is 0. The summed E-state index contributed by atoms with van der Waals surface area (Å²) >= 11 is 3.62. The smallest absolute Gasteiger partial charge is 0.234 e. The van der Waals surface area contributed by atoms with Crippen molar-refractivity contribution in [3.8, 4) is 11.4 Å². The highest BCUT2D eigenvalue weighted by atomic mass is 127. The van der Waals surface area contributed by atoms with Gasteiger partial charge in [0.2, 0.25) is 5.91 Å². The zero-order chi connectivity index (χ0) is 19.2. The highest BCUT2D eigenvalue weighted by molar-refractivity contribution is 14.1. The van der Waals surface area contributed by atoms with Gasteiger partial charge in [0.25, 0.3) is 0 Å². The van der Waals surface area contributed by atoms with Gasteiger partial charge in [-0.3, -0.25) is 9.36 Å². The number of hydrogen-bond donors (Lipinski definition) is 1. The Morgan fingerprint density at radius 3 is 2.74 bits per heavy atom. The van der Waals surface area contributed by atoms with Crippen molar-refractivity contribution in [3.63, 3.8) is 0 Å². The number of aryl methyl sites for hydroxylation is 1. The van der Waals surface area contributed by atoms with Crippen molar-refractivity contribution < 1.29 is 4.79 Å². The molecule has 0 saturated carbocycles. The first-order valence-corrected chi connectivity index (χ1v) is 10.4. The van der Waals surface area contributed by atoms with E-state index >= 15 is 0 Å². The van der Waals surface area contributed by atoms with E-state index in [1.54, 1.807) is 6.08 Å². The predicted octanol–water partition coefficient (Wildman–Crippen LogP) is 4.77. The molecule has 0 atom stereocenters. The highest BCUT2D eigenvalue weighted by Crippen LogP contribution is 2.24. The van der Waals surface area contributed by atoms with Crippen LogP contribution in [0.5, 0.6) is 0 Å². The zero-order valence-corrected chi connectivity index (χ0v) is 17.8. The minimum absolute atomic E-state index is 0.0706. The van der Waals surface area contributed by atoms with Gasteiger partial charge in [-0.1, -0.05) is 48.2 Å². The molecule has 1 heterocycles. The Hall–Kier alpha value is -2.13. The molecule has 0 saturated heterocycles. The summed E-state index contributed by atoms with van der Waals surface area (Å²) in [5, 5.41) is 12.2. The third-order valence-electron chi connectivity index (χ3n) is 3.86. The molecule has 0 aliphatic rings. The molecule has 0 bridgehead atoms. The topological polar surface area (TPSA) is 59.8 Å². The zero-order valence-electron chi connectivity index (χ0n) is 14.9. The molecule has 1 N–H and O–H groups in total. The predicted molar refractivity (Wildman–Crippen MR) is 119 cm³/mol. The summed E-state index contributed by atoms with van der Waals surface area (Å²) < 4.78 is 3.11. The summed E-state index contributed by atoms with van der Waals surface area (Å²) in [6.45, 7) is 6.38. The number of halogens is 1. The SMILES string of the molecule is C=CCn1c(SCC(=O)Nc2ccc(I)cc2C)nnc1-c1ccccc1. The second-order valence-corrected chi connectivity index (χ2v) is 8.06. The van der Waals surface area contributed by atoms with E-state index in [9.17, 15) is 4.79 Å². The minimum atomic E-state index is -0.0706. The van der Waals surface area contributed by atoms with Gasteiger partial charge in [-0.25, -0.2) is 0 Å². The Morgan fingerprint density at radius 2 is 2.04 bits per heavy atom. The Labute approximate surface area is 176 Å². The maximum atomic E-state index is 12.4. The van der Waals surface area contributed by atoms with Crippen molar-refractivity contribution in [2.75, 3.05) is 11.1 Å². The number of carbonyl (C=O) groups is 1. The molecular weight excluding hydrogens is 471 g/mol. The molecule has 1 aromatic heterocycles. The van der Waals surface area contributed by atoms with Crippen LogP contribution in [-0.4, -0.2) is 26.4 Å². The van der Waals surface area contributed by atoms with Crippen LogP contribution in [0.15, 0.2) is 66.3 Å². The van der Waals surface area contributed by atoms with Gasteiger partial charge in [0, 0.05) is 21.4 Å². The van der Waals surface area contributed by atoms with Crippen LogP contribution < -0.4 is 5.32 Å². The van der Waals surface area contributed by atoms with Crippen LogP contribution in [0, 0.1) is 10.5 Å². The second-order valence-electron chi connectivity index (χ2n) is 5.87. The lowest BCUT2D eigenvalue weighted by Gasteiger charge is -2.09. The number of amides is 1. The lowest BCUT2D eigenvalue weighted by molar-refractivity contribution is -0.113. The number of nitrogens with zero attached hydrogens (tertiary/aromatic N) is 3. The van der Waals surface area contributed by atoms with Crippen LogP contribution in [0.25, 0.3) is 11.4 Å². The molecule has 27 heavy (non-hydrogen) atoms. The van der Waals surface area contributed by atoms with Gasteiger partial charge in [0.1, 0.15) is 0 Å². The molecule has 0 unspecified atom stereocenters. The number of nitrogens with one attached hydrogen (secondary N) is 1. The van der Waals surface area contributed by atoms with Crippen molar-refractivity contribution in [1.29, 1.82) is 0 Å². The van der Waals surface area contributed by atoms with Crippen molar-refractivity contribution in [1.82, 2.24) is 14.8 Å². The van der Waals surface area contributed by atoms with E-state index in [-0.39, 0.29) is 11.7 Å². The number of allylic oxidation sites excluding steroid dienone is 1. The molecule has 1 amide bonds. The van der Waals surface area contributed by atoms with E-state index in [1.807, 2.05) is 60.0 Å². The third-order valence-corrected chi connectivity index (χ3v) is 5.49. The molecule has 0 fully saturated rings. The molecule has 0 radical (unpaired) electrons. The van der Waals surface area contributed by atoms with Gasteiger partial charge < -0.3 is 5.32 Å². The van der Waals surface area contributed by atoms with Gasteiger partial charge in [-0.05, 0) is 53.3 Å². The van der Waals surface area contributed by atoms with Crippen molar-refractivity contribution >= 4 is 45.9 Å². The molecule has 2 aromatic carbocycles. The summed E-state index contributed by atoms with van der Waals surface area (Å²) in [5.74, 6) is 0.959. The van der Waals surface area contributed by atoms with Crippen molar-refractivity contribution in [3.05, 3.63) is 70.3 Å². The van der Waals surface area contributed by atoms with Crippen molar-refractivity contribution in [2.45, 2.75) is 18.6 Å². The van der Waals surface area contributed by atoms with Crippen LogP contribution in [0.2, 0.25) is 0 Å². The molecule has 138 valence electrons. The average molecular weight is 490 g/mol. The first-order chi connectivity index (χ1) is 13.1. The number of carbonyl (C=O) groups excluding carboxylic acids is 1. The van der Waals surface area contributed by atoms with E-state index in [0.29, 0.717) is 11.7 Å². The van der Waals surface area contributed by atoms with E-state index in [0.717, 1.165) is 26.2 Å². The molecule has 3 rings (SSSR count). The number of hydrogen-bond acceptors (Lipinski definition) is 4. The first-order valence-electron chi connectivity index (χ1n) is 8.37. The fourth-order valence-corrected chi connectivity index (χ4v) is 3.97. The van der Waals surface area contributed by atoms with Gasteiger partial charge in [-0.2, -0.15) is 0 Å². The maximum absolute atomic E-state index is 12.4. The molecule has 0 aliphatic heterocycles. The van der Waals surface area contributed by atoms with E-state index in [4.69, 9.17) is 0 Å². The summed E-state index contributed by atoms with van der Waals surface area (Å²) in [6.07, 6.45) is 1.80. The van der Waals surface area contributed by atoms with Crippen LogP contribution in [-0.2, 0) is 11.3 Å². The van der Waals surface area contributed by atoms with E-state index < -0.39 is 0 Å². The number of rotatable bonds is 7. The quantitative estimate of drug-likeness (QED) is 0.295. The molecule has 0 aliphatic carbocycles. The molecule has 0 spiro atoms. The Balaban J connectivity index is 1.71. The van der Waals surface area contributed by atoms with Crippen LogP contribution in [0.4, 0.5) is 5.69 Å². The Kier molecular flexibility index (Phi) is 6.68. The number of thioether (sulfide) groups is 1. The second kappa shape index (κ2) is 9.18. The van der Waals surface area contributed by atoms with Gasteiger partial charge >= 0.3 is 0 Å². The molecule has 3 aromatic rings. The van der Waals surface area contributed by atoms with E-state index in [2.05, 4.69) is 44.7 Å². The lowest BCUT2D eigenvalue weighted by Crippen LogP contribution is -2.15. The van der Waals surface area contributed by atoms with Crippen LogP contribution >= 0.6 is 34.4 Å². The fraction of sp³-hybridized carbons (Fsp3) is 0.150. The van der Waals surface area contributed by atoms with E-state index in [1.165, 1.54) is 11.8 Å². The van der Waals surface area contributed by atoms with Crippen molar-refractivity contribution in [2.24, 2.45) is 0 Å². The normalized spacial score (nSPS) is 10.6. The number of aromatic nitrogens is 3. The number of benzene rings is 2. The Bertz CT molecular complexity index is 956. The average Bonchev–Trinajstić information content (AvgIpc) is 3.06. The van der Waals surface area contributed by atoms with Gasteiger partial charge in [0.15, 0.2) is 11.0 Å². The molecule has 5 nitrogen and oxygen atoms in total. The minimum Gasteiger partial charge on any atom is -0.325 e. The largest absolute Gasteiger partial charge is 0.325 e. The fourth-order valence-electron chi connectivity index (χ4n) is 2.57. The molecular formula is C20H19IN4OS. The number of anilines is 1. The Morgan fingerprint density at radius 1 is 1.26 bits per heavy atom. The lowest BCUT2D eigenvalue weighted by atomic mass is 10.2. The third kappa shape index (κ3) is 4.98. The monoisotopic (exact) mass is 490 g/mol. The van der Waals surface area contributed by atoms with Gasteiger partial charge in [-0.15, -0.1) is 16.8 Å². The summed E-state index contributed by atoms with van der Waals surface area (Å²) in [6, 6.07) is 15.8. The highest BCUT2D eigenvalue weighted by Gasteiger charge is 2.15. The summed E-state index contributed by atoms with van der Waals surface area (Å²) in [4.78, 5) is 12.4. The molecule has 7 heteroatoms. The van der Waals surface area contributed by atoms with Gasteiger partial charge in [0.05, 0.1) is 5.75 Å². The van der Waals surface area contributed by atoms with Crippen LogP contribution in [0.1, 0.15) is 5.56 Å².